The molecule has 3 atom stereocenters. The Morgan fingerprint density at radius 3 is 2.60 bits per heavy atom. The largest absolute Gasteiger partial charge is 0.393 e. The summed E-state index contributed by atoms with van der Waals surface area (Å²) in [4.78, 5) is 0. The summed E-state index contributed by atoms with van der Waals surface area (Å²) in [6.07, 6.45) is -0.641. The summed E-state index contributed by atoms with van der Waals surface area (Å²) in [5, 5.41) is 18.0. The van der Waals surface area contributed by atoms with Crippen LogP contribution in [0.1, 0.15) is 12.8 Å². The minimum Gasteiger partial charge on any atom is -0.393 e. The van der Waals surface area contributed by atoms with Crippen molar-refractivity contribution in [2.45, 2.75) is 31.3 Å². The van der Waals surface area contributed by atoms with Gasteiger partial charge in [0.25, 0.3) is 0 Å². The van der Waals surface area contributed by atoms with Crippen LogP contribution < -0.4 is 5.73 Å². The van der Waals surface area contributed by atoms with Gasteiger partial charge in [0.05, 0.1) is 12.2 Å². The number of aliphatic hydroxyl groups is 2. The van der Waals surface area contributed by atoms with Crippen molar-refractivity contribution in [2.75, 3.05) is 6.54 Å². The Morgan fingerprint density at radius 2 is 2.10 bits per heavy atom. The molecule has 0 spiro atoms. The van der Waals surface area contributed by atoms with E-state index >= 15 is 0 Å². The fraction of sp³-hybridized carbons (Fsp3) is 1.00. The first-order valence-corrected chi connectivity index (χ1v) is 3.44. The fourth-order valence-corrected chi connectivity index (χ4v) is 1.12. The van der Waals surface area contributed by atoms with Crippen LogP contribution in [0.25, 0.3) is 0 Å². The third kappa shape index (κ3) is 1.91. The monoisotopic (exact) mass is 147 g/mol. The van der Waals surface area contributed by atoms with E-state index in [0.717, 1.165) is 0 Å². The molecule has 1 aliphatic rings. The Balaban J connectivity index is 2.35. The van der Waals surface area contributed by atoms with Crippen molar-refractivity contribution in [1.82, 2.24) is 0 Å². The minimum atomic E-state index is -0.836. The SMILES string of the molecule is NC[C@H]1C[C@@H](O)C[C@@H](O)O1. The number of aliphatic hydroxyl groups excluding tert-OH is 2. The van der Waals surface area contributed by atoms with E-state index in [4.69, 9.17) is 20.7 Å². The fourth-order valence-electron chi connectivity index (χ4n) is 1.12. The second-order valence-electron chi connectivity index (χ2n) is 2.57. The van der Waals surface area contributed by atoms with E-state index < -0.39 is 12.4 Å². The molecule has 0 saturated carbocycles. The lowest BCUT2D eigenvalue weighted by Gasteiger charge is -2.29. The zero-order valence-electron chi connectivity index (χ0n) is 5.73. The first kappa shape index (κ1) is 7.94. The summed E-state index contributed by atoms with van der Waals surface area (Å²) in [7, 11) is 0. The zero-order valence-corrected chi connectivity index (χ0v) is 5.73. The highest BCUT2D eigenvalue weighted by atomic mass is 16.6. The average molecular weight is 147 g/mol. The smallest absolute Gasteiger partial charge is 0.157 e. The molecule has 60 valence electrons. The van der Waals surface area contributed by atoms with E-state index in [1.54, 1.807) is 0 Å². The first-order valence-electron chi connectivity index (χ1n) is 3.44. The maximum absolute atomic E-state index is 9.09. The maximum atomic E-state index is 9.09. The number of hydrogen-bond donors (Lipinski definition) is 3. The molecule has 0 radical (unpaired) electrons. The van der Waals surface area contributed by atoms with Gasteiger partial charge in [-0.05, 0) is 0 Å². The molecule has 1 heterocycles. The van der Waals surface area contributed by atoms with Gasteiger partial charge < -0.3 is 20.7 Å². The summed E-state index contributed by atoms with van der Waals surface area (Å²) in [5.41, 5.74) is 5.28. The van der Waals surface area contributed by atoms with Crippen molar-refractivity contribution in [3.05, 3.63) is 0 Å². The van der Waals surface area contributed by atoms with E-state index in [-0.39, 0.29) is 6.10 Å². The molecule has 1 fully saturated rings. The third-order valence-electron chi connectivity index (χ3n) is 1.62. The van der Waals surface area contributed by atoms with E-state index in [0.29, 0.717) is 19.4 Å². The Morgan fingerprint density at radius 1 is 1.40 bits per heavy atom. The van der Waals surface area contributed by atoms with E-state index in [9.17, 15) is 0 Å². The molecular weight excluding hydrogens is 134 g/mol. The lowest BCUT2D eigenvalue weighted by atomic mass is 10.1. The lowest BCUT2D eigenvalue weighted by molar-refractivity contribution is -0.185. The molecule has 4 N–H and O–H groups in total. The number of nitrogens with two attached hydrogens (primary N) is 1. The van der Waals surface area contributed by atoms with E-state index in [1.165, 1.54) is 0 Å². The van der Waals surface area contributed by atoms with Crippen LogP contribution in [0.5, 0.6) is 0 Å². The third-order valence-corrected chi connectivity index (χ3v) is 1.62. The molecule has 0 unspecified atom stereocenters. The van der Waals surface area contributed by atoms with Crippen molar-refractivity contribution < 1.29 is 14.9 Å². The van der Waals surface area contributed by atoms with Crippen LogP contribution in [0.15, 0.2) is 0 Å². The van der Waals surface area contributed by atoms with Crippen LogP contribution in [0.2, 0.25) is 0 Å². The minimum absolute atomic E-state index is 0.182. The van der Waals surface area contributed by atoms with Crippen molar-refractivity contribution in [3.63, 3.8) is 0 Å². The van der Waals surface area contributed by atoms with Crippen molar-refractivity contribution >= 4 is 0 Å². The van der Waals surface area contributed by atoms with Gasteiger partial charge in [0.2, 0.25) is 0 Å². The highest BCUT2D eigenvalue weighted by molar-refractivity contribution is 4.72. The van der Waals surface area contributed by atoms with E-state index in [1.807, 2.05) is 0 Å². The topological polar surface area (TPSA) is 75.7 Å². The first-order chi connectivity index (χ1) is 4.72. The predicted molar refractivity (Wildman–Crippen MR) is 35.2 cm³/mol. The molecule has 0 aromatic rings. The molecule has 0 amide bonds. The number of rotatable bonds is 1. The predicted octanol–water partition coefficient (Wildman–Crippen LogP) is -1.20. The van der Waals surface area contributed by atoms with Crippen LogP contribution in [0.3, 0.4) is 0 Å². The van der Waals surface area contributed by atoms with Gasteiger partial charge in [-0.25, -0.2) is 0 Å². The quantitative estimate of drug-likeness (QED) is 0.435. The summed E-state index contributed by atoms with van der Waals surface area (Å²) < 4.78 is 4.98. The van der Waals surface area contributed by atoms with Crippen LogP contribution in [0, 0.1) is 0 Å². The average Bonchev–Trinajstić information content (AvgIpc) is 1.85. The van der Waals surface area contributed by atoms with Crippen molar-refractivity contribution in [3.8, 4) is 0 Å². The molecule has 0 aromatic heterocycles. The van der Waals surface area contributed by atoms with Crippen LogP contribution in [-0.4, -0.2) is 35.3 Å². The molecule has 0 aromatic carbocycles. The van der Waals surface area contributed by atoms with Gasteiger partial charge in [0, 0.05) is 19.4 Å². The van der Waals surface area contributed by atoms with Gasteiger partial charge in [-0.2, -0.15) is 0 Å². The van der Waals surface area contributed by atoms with E-state index in [2.05, 4.69) is 0 Å². The van der Waals surface area contributed by atoms with Crippen LogP contribution in [0.4, 0.5) is 0 Å². The van der Waals surface area contributed by atoms with Crippen LogP contribution in [-0.2, 0) is 4.74 Å². The molecule has 1 rings (SSSR count). The highest BCUT2D eigenvalue weighted by Gasteiger charge is 2.25. The van der Waals surface area contributed by atoms with Gasteiger partial charge in [-0.15, -0.1) is 0 Å². The molecule has 10 heavy (non-hydrogen) atoms. The Labute approximate surface area is 59.6 Å². The van der Waals surface area contributed by atoms with Gasteiger partial charge in [0.15, 0.2) is 6.29 Å². The summed E-state index contributed by atoms with van der Waals surface area (Å²) in [6, 6.07) is 0. The normalized spacial score (nSPS) is 41.7. The summed E-state index contributed by atoms with van der Waals surface area (Å²) in [6.45, 7) is 0.355. The molecule has 1 saturated heterocycles. The van der Waals surface area contributed by atoms with Gasteiger partial charge in [-0.1, -0.05) is 0 Å². The van der Waals surface area contributed by atoms with Gasteiger partial charge >= 0.3 is 0 Å². The Kier molecular flexibility index (Phi) is 2.62. The highest BCUT2D eigenvalue weighted by Crippen LogP contribution is 2.16. The molecule has 1 aliphatic heterocycles. The molecule has 0 aliphatic carbocycles. The number of ether oxygens (including phenoxy) is 1. The molecule has 0 bridgehead atoms. The van der Waals surface area contributed by atoms with Crippen molar-refractivity contribution in [2.24, 2.45) is 5.73 Å². The Bertz CT molecular complexity index is 99.2. The number of hydrogen-bond acceptors (Lipinski definition) is 4. The zero-order chi connectivity index (χ0) is 7.56. The summed E-state index contributed by atoms with van der Waals surface area (Å²) >= 11 is 0. The molecule has 4 heteroatoms. The second kappa shape index (κ2) is 3.30. The molecular formula is C6H13NO3. The van der Waals surface area contributed by atoms with Crippen LogP contribution >= 0.6 is 0 Å². The lowest BCUT2D eigenvalue weighted by Crippen LogP contribution is -2.39. The summed E-state index contributed by atoms with van der Waals surface area (Å²) in [5.74, 6) is 0. The van der Waals surface area contributed by atoms with Gasteiger partial charge in [-0.3, -0.25) is 0 Å². The standard InChI is InChI=1S/C6H13NO3/c7-3-5-1-4(8)2-6(9)10-5/h4-6,8-9H,1-3,7H2/t4-,5-,6+/m1/s1. The second-order valence-corrected chi connectivity index (χ2v) is 2.57. The molecule has 4 nitrogen and oxygen atoms in total. The van der Waals surface area contributed by atoms with Gasteiger partial charge in [0.1, 0.15) is 0 Å². The van der Waals surface area contributed by atoms with Crippen molar-refractivity contribution in [1.29, 1.82) is 0 Å². The Hall–Kier alpha value is -0.160. The maximum Gasteiger partial charge on any atom is 0.157 e.